The number of nitro groups is 1. The molecule has 38 heavy (non-hydrogen) atoms. The third-order valence-electron chi connectivity index (χ3n) is 5.98. The molecular formula is C27H24N4O6S. The van der Waals surface area contributed by atoms with Crippen LogP contribution in [0.2, 0.25) is 0 Å². The number of hydrogen-bond donors (Lipinski definition) is 0. The summed E-state index contributed by atoms with van der Waals surface area (Å²) in [6.07, 6.45) is 1.43. The van der Waals surface area contributed by atoms with Crippen LogP contribution >= 0.6 is 11.3 Å². The number of ether oxygens (including phenoxy) is 4. The molecule has 11 heteroatoms. The molecule has 0 spiro atoms. The van der Waals surface area contributed by atoms with Crippen molar-refractivity contribution in [2.45, 2.75) is 13.8 Å². The summed E-state index contributed by atoms with van der Waals surface area (Å²) in [7, 11) is 3.17. The number of thiazole rings is 1. The Morgan fingerprint density at radius 1 is 1.05 bits per heavy atom. The third-order valence-corrected chi connectivity index (χ3v) is 6.80. The molecule has 0 N–H and O–H groups in total. The molecule has 194 valence electrons. The molecular weight excluding hydrogens is 508 g/mol. The molecule has 10 nitrogen and oxygen atoms in total. The van der Waals surface area contributed by atoms with Gasteiger partial charge in [0.2, 0.25) is 11.6 Å². The average Bonchev–Trinajstić information content (AvgIpc) is 3.54. The second kappa shape index (κ2) is 10.4. The number of benzene rings is 3. The maximum absolute atomic E-state index is 11.8. The van der Waals surface area contributed by atoms with Crippen molar-refractivity contribution in [2.24, 2.45) is 10.1 Å². The fourth-order valence-electron chi connectivity index (χ4n) is 3.96. The zero-order valence-electron chi connectivity index (χ0n) is 21.1. The van der Waals surface area contributed by atoms with Gasteiger partial charge in [-0.3, -0.25) is 10.1 Å². The molecule has 0 atom stereocenters. The van der Waals surface area contributed by atoms with Crippen LogP contribution in [0, 0.1) is 24.0 Å². The molecule has 2 heterocycles. The molecule has 0 unspecified atom stereocenters. The highest BCUT2D eigenvalue weighted by molar-refractivity contribution is 7.07. The standard InChI is InChI=1S/C27H24N4O6S/c1-16-5-6-17(2)21(9-16)29-27-30(23(14-38-27)20-8-7-19(34-3)11-24(20)35-4)28-13-18-10-25-26(37-15-36-25)12-22(18)31(32)33/h5-14H,15H2,1-4H3. The Bertz CT molecular complexity index is 1640. The van der Waals surface area contributed by atoms with Crippen molar-refractivity contribution < 1.29 is 23.9 Å². The van der Waals surface area contributed by atoms with Gasteiger partial charge in [0.05, 0.1) is 48.4 Å². The van der Waals surface area contributed by atoms with E-state index < -0.39 is 4.92 Å². The lowest BCUT2D eigenvalue weighted by Gasteiger charge is -2.11. The maximum atomic E-state index is 11.8. The number of rotatable bonds is 7. The van der Waals surface area contributed by atoms with Crippen molar-refractivity contribution in [3.63, 3.8) is 0 Å². The van der Waals surface area contributed by atoms with Gasteiger partial charge in [-0.05, 0) is 49.2 Å². The smallest absolute Gasteiger partial charge is 0.282 e. The van der Waals surface area contributed by atoms with Crippen molar-refractivity contribution in [1.82, 2.24) is 4.68 Å². The quantitative estimate of drug-likeness (QED) is 0.174. The van der Waals surface area contributed by atoms with E-state index in [-0.39, 0.29) is 18.0 Å². The Kier molecular flexibility index (Phi) is 6.84. The Labute approximate surface area is 222 Å². The van der Waals surface area contributed by atoms with Crippen LogP contribution in [0.1, 0.15) is 16.7 Å². The molecule has 0 saturated carbocycles. The zero-order valence-corrected chi connectivity index (χ0v) is 21.9. The van der Waals surface area contributed by atoms with E-state index in [1.54, 1.807) is 31.0 Å². The molecule has 0 aliphatic carbocycles. The fourth-order valence-corrected chi connectivity index (χ4v) is 4.80. The number of hydrogen-bond acceptors (Lipinski definition) is 9. The number of aromatic nitrogens is 1. The largest absolute Gasteiger partial charge is 0.497 e. The summed E-state index contributed by atoms with van der Waals surface area (Å²) >= 11 is 1.39. The van der Waals surface area contributed by atoms with Gasteiger partial charge in [0.25, 0.3) is 5.69 Å². The van der Waals surface area contributed by atoms with E-state index >= 15 is 0 Å². The van der Waals surface area contributed by atoms with Crippen LogP contribution in [0.4, 0.5) is 11.4 Å². The first-order valence-corrected chi connectivity index (χ1v) is 12.4. The highest BCUT2D eigenvalue weighted by atomic mass is 32.1. The molecule has 0 radical (unpaired) electrons. The van der Waals surface area contributed by atoms with E-state index in [0.717, 1.165) is 22.4 Å². The first-order valence-electron chi connectivity index (χ1n) is 11.5. The molecule has 5 rings (SSSR count). The van der Waals surface area contributed by atoms with Crippen molar-refractivity contribution in [1.29, 1.82) is 0 Å². The van der Waals surface area contributed by atoms with Crippen LogP contribution < -0.4 is 23.7 Å². The van der Waals surface area contributed by atoms with Gasteiger partial charge < -0.3 is 18.9 Å². The molecule has 0 amide bonds. The normalized spacial score (nSPS) is 12.8. The Balaban J connectivity index is 1.71. The summed E-state index contributed by atoms with van der Waals surface area (Å²) < 4.78 is 23.4. The second-order valence-electron chi connectivity index (χ2n) is 8.45. The first-order chi connectivity index (χ1) is 18.4. The fraction of sp³-hybridized carbons (Fsp3) is 0.185. The van der Waals surface area contributed by atoms with Gasteiger partial charge in [-0.25, -0.2) is 9.67 Å². The summed E-state index contributed by atoms with van der Waals surface area (Å²) in [6.45, 7) is 4.00. The van der Waals surface area contributed by atoms with Gasteiger partial charge in [-0.2, -0.15) is 5.10 Å². The summed E-state index contributed by atoms with van der Waals surface area (Å²) in [5, 5.41) is 18.4. The van der Waals surface area contributed by atoms with Crippen molar-refractivity contribution in [3.8, 4) is 34.3 Å². The summed E-state index contributed by atoms with van der Waals surface area (Å²) in [4.78, 5) is 16.8. The number of methoxy groups -OCH3 is 2. The highest BCUT2D eigenvalue weighted by Crippen LogP contribution is 2.38. The molecule has 3 aromatic carbocycles. The van der Waals surface area contributed by atoms with E-state index in [1.165, 1.54) is 23.6 Å². The number of nitro benzene ring substituents is 1. The predicted octanol–water partition coefficient (Wildman–Crippen LogP) is 5.60. The van der Waals surface area contributed by atoms with Crippen LogP contribution in [0.15, 0.2) is 64.0 Å². The maximum Gasteiger partial charge on any atom is 0.282 e. The third kappa shape index (κ3) is 4.83. The van der Waals surface area contributed by atoms with Gasteiger partial charge in [-0.1, -0.05) is 12.1 Å². The zero-order chi connectivity index (χ0) is 26.8. The van der Waals surface area contributed by atoms with E-state index in [9.17, 15) is 10.1 Å². The van der Waals surface area contributed by atoms with Crippen LogP contribution in [-0.4, -0.2) is 36.8 Å². The highest BCUT2D eigenvalue weighted by Gasteiger charge is 2.23. The summed E-state index contributed by atoms with van der Waals surface area (Å²) in [5.41, 5.74) is 4.46. The lowest BCUT2D eigenvalue weighted by atomic mass is 10.1. The molecule has 0 fully saturated rings. The number of aryl methyl sites for hydroxylation is 2. The molecule has 1 aliphatic heterocycles. The summed E-state index contributed by atoms with van der Waals surface area (Å²) in [6, 6.07) is 14.4. The average molecular weight is 533 g/mol. The molecule has 1 aliphatic rings. The van der Waals surface area contributed by atoms with Crippen molar-refractivity contribution in [3.05, 3.63) is 85.5 Å². The minimum absolute atomic E-state index is 0.00660. The lowest BCUT2D eigenvalue weighted by molar-refractivity contribution is -0.385. The van der Waals surface area contributed by atoms with Crippen LogP contribution in [-0.2, 0) is 0 Å². The summed E-state index contributed by atoms with van der Waals surface area (Å²) in [5.74, 6) is 1.97. The van der Waals surface area contributed by atoms with Gasteiger partial charge >= 0.3 is 0 Å². The Hall–Kier alpha value is -4.64. The van der Waals surface area contributed by atoms with Gasteiger partial charge in [-0.15, -0.1) is 11.3 Å². The number of fused-ring (bicyclic) bond motifs is 1. The lowest BCUT2D eigenvalue weighted by Crippen LogP contribution is -2.12. The van der Waals surface area contributed by atoms with E-state index in [1.807, 2.05) is 49.6 Å². The van der Waals surface area contributed by atoms with Crippen molar-refractivity contribution >= 4 is 28.9 Å². The van der Waals surface area contributed by atoms with Gasteiger partial charge in [0.15, 0.2) is 11.5 Å². The minimum atomic E-state index is -0.476. The monoisotopic (exact) mass is 532 g/mol. The number of nitrogens with zero attached hydrogens (tertiary/aromatic N) is 4. The first kappa shape index (κ1) is 25.0. The SMILES string of the molecule is COc1ccc(-c2csc(=Nc3cc(C)ccc3C)n2N=Cc2cc3c(cc2[N+](=O)[O-])OCO3)c(OC)c1. The Morgan fingerprint density at radius 2 is 1.84 bits per heavy atom. The van der Waals surface area contributed by atoms with Crippen LogP contribution in [0.3, 0.4) is 0 Å². The van der Waals surface area contributed by atoms with E-state index in [0.29, 0.717) is 33.5 Å². The van der Waals surface area contributed by atoms with Crippen LogP contribution in [0.5, 0.6) is 23.0 Å². The second-order valence-corrected chi connectivity index (χ2v) is 9.29. The molecule has 1 aromatic heterocycles. The predicted molar refractivity (Wildman–Crippen MR) is 144 cm³/mol. The van der Waals surface area contributed by atoms with E-state index in [2.05, 4.69) is 5.10 Å². The van der Waals surface area contributed by atoms with Gasteiger partial charge in [0, 0.05) is 17.0 Å². The molecule has 0 saturated heterocycles. The van der Waals surface area contributed by atoms with Crippen LogP contribution in [0.25, 0.3) is 11.3 Å². The minimum Gasteiger partial charge on any atom is -0.497 e. The Morgan fingerprint density at radius 3 is 2.58 bits per heavy atom. The van der Waals surface area contributed by atoms with Crippen molar-refractivity contribution in [2.75, 3.05) is 21.0 Å². The van der Waals surface area contributed by atoms with E-state index in [4.69, 9.17) is 23.9 Å². The molecule has 0 bridgehead atoms. The molecule has 4 aromatic rings. The topological polar surface area (TPSA) is 110 Å². The van der Waals surface area contributed by atoms with Gasteiger partial charge in [0.1, 0.15) is 11.5 Å².